The Bertz CT molecular complexity index is 905. The topological polar surface area (TPSA) is 109 Å². The van der Waals surface area contributed by atoms with Crippen LogP contribution >= 0.6 is 11.6 Å². The fourth-order valence-electron chi connectivity index (χ4n) is 4.09. The molecule has 7 nitrogen and oxygen atoms in total. The van der Waals surface area contributed by atoms with Crippen molar-refractivity contribution < 1.29 is 34.6 Å². The quantitative estimate of drug-likeness (QED) is 0.541. The molecular weight excluding hydrogens is 412 g/mol. The molecule has 0 aromatic heterocycles. The highest BCUT2D eigenvalue weighted by molar-refractivity contribution is 6.31. The van der Waals surface area contributed by atoms with Crippen molar-refractivity contribution in [1.82, 2.24) is 0 Å². The molecule has 2 bridgehead atoms. The minimum Gasteiger partial charge on any atom is -0.494 e. The Balaban J connectivity index is 1.66. The summed E-state index contributed by atoms with van der Waals surface area (Å²) >= 11 is 6.41. The molecule has 8 heteroatoms. The van der Waals surface area contributed by atoms with Crippen molar-refractivity contribution in [1.29, 1.82) is 0 Å². The van der Waals surface area contributed by atoms with E-state index in [1.165, 1.54) is 0 Å². The zero-order valence-corrected chi connectivity index (χ0v) is 17.2. The Kier molecular flexibility index (Phi) is 5.80. The highest BCUT2D eigenvalue weighted by atomic mass is 35.5. The van der Waals surface area contributed by atoms with Crippen LogP contribution in [0.25, 0.3) is 0 Å². The maximum Gasteiger partial charge on any atom is 0.225 e. The highest BCUT2D eigenvalue weighted by Gasteiger charge is 2.67. The Hall–Kier alpha value is -1.71. The molecule has 2 fully saturated rings. The molecule has 2 heterocycles. The molecular formula is C22H25ClO7. The minimum absolute atomic E-state index is 0.171. The van der Waals surface area contributed by atoms with Crippen LogP contribution in [0.5, 0.6) is 5.75 Å². The van der Waals surface area contributed by atoms with Gasteiger partial charge in [-0.05, 0) is 48.7 Å². The monoisotopic (exact) mass is 436 g/mol. The Morgan fingerprint density at radius 3 is 2.50 bits per heavy atom. The van der Waals surface area contributed by atoms with Gasteiger partial charge in [-0.2, -0.15) is 0 Å². The van der Waals surface area contributed by atoms with Crippen molar-refractivity contribution in [2.75, 3.05) is 19.8 Å². The molecule has 30 heavy (non-hydrogen) atoms. The molecule has 0 amide bonds. The molecule has 2 aromatic carbocycles. The first kappa shape index (κ1) is 21.5. The molecule has 2 aromatic rings. The number of fused-ring (bicyclic) bond motifs is 2. The predicted octanol–water partition coefficient (Wildman–Crippen LogP) is 1.36. The number of ether oxygens (including phenoxy) is 3. The summed E-state index contributed by atoms with van der Waals surface area (Å²) in [5.41, 5.74) is 0.719. The first-order valence-electron chi connectivity index (χ1n) is 9.85. The Morgan fingerprint density at radius 2 is 1.83 bits per heavy atom. The van der Waals surface area contributed by atoms with Crippen molar-refractivity contribution in [2.45, 2.75) is 43.0 Å². The Morgan fingerprint density at radius 1 is 1.10 bits per heavy atom. The molecule has 2 aliphatic rings. The van der Waals surface area contributed by atoms with E-state index in [0.717, 1.165) is 16.9 Å². The summed E-state index contributed by atoms with van der Waals surface area (Å²) in [7, 11) is 0. The van der Waals surface area contributed by atoms with Gasteiger partial charge < -0.3 is 34.6 Å². The van der Waals surface area contributed by atoms with Crippen LogP contribution in [0.4, 0.5) is 0 Å². The lowest BCUT2D eigenvalue weighted by Gasteiger charge is -2.46. The van der Waals surface area contributed by atoms with E-state index in [4.69, 9.17) is 25.8 Å². The van der Waals surface area contributed by atoms with Crippen LogP contribution in [0, 0.1) is 0 Å². The van der Waals surface area contributed by atoms with Crippen molar-refractivity contribution in [2.24, 2.45) is 0 Å². The van der Waals surface area contributed by atoms with E-state index in [1.54, 1.807) is 18.2 Å². The average Bonchev–Trinajstić information content (AvgIpc) is 3.14. The van der Waals surface area contributed by atoms with Crippen molar-refractivity contribution in [3.05, 3.63) is 64.2 Å². The number of aliphatic hydroxyl groups is 4. The van der Waals surface area contributed by atoms with E-state index >= 15 is 0 Å². The van der Waals surface area contributed by atoms with Gasteiger partial charge in [0.2, 0.25) is 5.79 Å². The van der Waals surface area contributed by atoms with E-state index in [-0.39, 0.29) is 6.61 Å². The molecule has 2 aliphatic heterocycles. The molecule has 0 aliphatic carbocycles. The van der Waals surface area contributed by atoms with E-state index in [1.807, 2.05) is 31.2 Å². The number of rotatable bonds is 6. The van der Waals surface area contributed by atoms with E-state index in [0.29, 0.717) is 23.6 Å². The fourth-order valence-corrected chi connectivity index (χ4v) is 4.28. The van der Waals surface area contributed by atoms with Crippen LogP contribution in [-0.4, -0.2) is 64.2 Å². The summed E-state index contributed by atoms with van der Waals surface area (Å²) in [4.78, 5) is 0. The van der Waals surface area contributed by atoms with Gasteiger partial charge in [-0.1, -0.05) is 29.8 Å². The van der Waals surface area contributed by atoms with Gasteiger partial charge in [0.05, 0.1) is 19.8 Å². The van der Waals surface area contributed by atoms with Crippen LogP contribution in [0.1, 0.15) is 23.6 Å². The third-order valence-electron chi connectivity index (χ3n) is 5.81. The molecule has 4 rings (SSSR count). The standard InChI is InChI=1S/C22H25ClO7/c1-2-28-16-6-3-13(4-7-16)9-14-10-15(5-8-17(14)23)22-20(27)18(25)19(26)21(11-24,30-22)12-29-22/h3-8,10,18-20,24-27H,2,9,11-12H2,1H3/t18-,19+,20+,21+,22+/m0/s1. The second kappa shape index (κ2) is 8.09. The molecule has 162 valence electrons. The summed E-state index contributed by atoms with van der Waals surface area (Å²) in [5, 5.41) is 41.7. The maximum absolute atomic E-state index is 10.7. The molecule has 0 spiro atoms. The van der Waals surface area contributed by atoms with Crippen LogP contribution in [0.3, 0.4) is 0 Å². The van der Waals surface area contributed by atoms with Gasteiger partial charge in [-0.25, -0.2) is 0 Å². The lowest BCUT2D eigenvalue weighted by atomic mass is 9.83. The van der Waals surface area contributed by atoms with Gasteiger partial charge in [-0.3, -0.25) is 0 Å². The van der Waals surface area contributed by atoms with Crippen molar-refractivity contribution >= 4 is 11.6 Å². The highest BCUT2D eigenvalue weighted by Crippen LogP contribution is 2.49. The maximum atomic E-state index is 10.7. The minimum atomic E-state index is -1.71. The Labute approximate surface area is 179 Å². The van der Waals surface area contributed by atoms with E-state index in [9.17, 15) is 20.4 Å². The molecule has 0 radical (unpaired) electrons. The van der Waals surface area contributed by atoms with E-state index < -0.39 is 36.3 Å². The largest absolute Gasteiger partial charge is 0.494 e. The van der Waals surface area contributed by atoms with Gasteiger partial charge in [0.1, 0.15) is 29.7 Å². The van der Waals surface area contributed by atoms with Gasteiger partial charge in [0.15, 0.2) is 0 Å². The normalized spacial score (nSPS) is 32.9. The van der Waals surface area contributed by atoms with Crippen molar-refractivity contribution in [3.63, 3.8) is 0 Å². The van der Waals surface area contributed by atoms with Gasteiger partial charge in [0, 0.05) is 10.6 Å². The lowest BCUT2D eigenvalue weighted by Crippen LogP contribution is -2.65. The fraction of sp³-hybridized carbons (Fsp3) is 0.455. The summed E-state index contributed by atoms with van der Waals surface area (Å²) in [6.07, 6.45) is -4.06. The zero-order chi connectivity index (χ0) is 21.5. The lowest BCUT2D eigenvalue weighted by molar-refractivity contribution is -0.329. The van der Waals surface area contributed by atoms with Gasteiger partial charge in [0.25, 0.3) is 0 Å². The molecule has 5 atom stereocenters. The third kappa shape index (κ3) is 3.40. The molecule has 2 saturated heterocycles. The second-order valence-corrected chi connectivity index (χ2v) is 8.13. The summed E-state index contributed by atoms with van der Waals surface area (Å²) < 4.78 is 17.1. The summed E-state index contributed by atoms with van der Waals surface area (Å²) in [5.74, 6) is -0.925. The number of halogens is 1. The number of hydrogen-bond acceptors (Lipinski definition) is 7. The zero-order valence-electron chi connectivity index (χ0n) is 16.5. The molecule has 4 N–H and O–H groups in total. The number of hydrogen-bond donors (Lipinski definition) is 4. The number of aliphatic hydroxyl groups excluding tert-OH is 4. The van der Waals surface area contributed by atoms with Crippen LogP contribution in [0.15, 0.2) is 42.5 Å². The van der Waals surface area contributed by atoms with Gasteiger partial charge >= 0.3 is 0 Å². The summed E-state index contributed by atoms with van der Waals surface area (Å²) in [6.45, 7) is 1.78. The smallest absolute Gasteiger partial charge is 0.225 e. The third-order valence-corrected chi connectivity index (χ3v) is 6.17. The number of benzene rings is 2. The van der Waals surface area contributed by atoms with E-state index in [2.05, 4.69) is 0 Å². The molecule has 0 unspecified atom stereocenters. The first-order chi connectivity index (χ1) is 14.3. The van der Waals surface area contributed by atoms with Crippen LogP contribution in [0.2, 0.25) is 5.02 Å². The SMILES string of the molecule is CCOc1ccc(Cc2cc([C@@]34OC[C@@](CO)(O3)[C@H](O)[C@H](O)[C@H]4O)ccc2Cl)cc1. The van der Waals surface area contributed by atoms with Crippen LogP contribution < -0.4 is 4.74 Å². The molecule has 0 saturated carbocycles. The van der Waals surface area contributed by atoms with Crippen LogP contribution in [-0.2, 0) is 21.7 Å². The van der Waals surface area contributed by atoms with Crippen molar-refractivity contribution in [3.8, 4) is 5.75 Å². The predicted molar refractivity (Wildman–Crippen MR) is 108 cm³/mol. The second-order valence-electron chi connectivity index (χ2n) is 7.72. The van der Waals surface area contributed by atoms with Gasteiger partial charge in [-0.15, -0.1) is 0 Å². The first-order valence-corrected chi connectivity index (χ1v) is 10.2. The summed E-state index contributed by atoms with van der Waals surface area (Å²) in [6, 6.07) is 12.7. The average molecular weight is 437 g/mol.